The Hall–Kier alpha value is -2.36. The number of nitrogens with one attached hydrogen (secondary N) is 3. The first-order chi connectivity index (χ1) is 12.8. The fourth-order valence-electron chi connectivity index (χ4n) is 2.14. The Bertz CT molecular complexity index is 884. The molecule has 2 amide bonds. The number of carbonyl (C=O) groups is 2. The van der Waals surface area contributed by atoms with Gasteiger partial charge in [0.1, 0.15) is 11.8 Å². The van der Waals surface area contributed by atoms with Crippen molar-refractivity contribution < 1.29 is 22.4 Å². The highest BCUT2D eigenvalue weighted by molar-refractivity contribution is 7.89. The standard InChI is InChI=1S/C17H20ClN3O5S/c1-12(17(23)19-11-14-5-3-9-26-14)21-16(22)7-8-20-27(24,25)15-6-2-4-13(18)10-15/h2-6,9-10,12,20H,7-8,11H2,1H3,(H,19,23)(H,21,22). The van der Waals surface area contributed by atoms with Crippen molar-refractivity contribution in [1.29, 1.82) is 0 Å². The van der Waals surface area contributed by atoms with Gasteiger partial charge in [-0.2, -0.15) is 0 Å². The molecule has 1 atom stereocenters. The smallest absolute Gasteiger partial charge is 0.242 e. The molecule has 10 heteroatoms. The summed E-state index contributed by atoms with van der Waals surface area (Å²) in [7, 11) is -3.76. The van der Waals surface area contributed by atoms with Crippen molar-refractivity contribution in [3.05, 3.63) is 53.4 Å². The van der Waals surface area contributed by atoms with Gasteiger partial charge in [-0.3, -0.25) is 9.59 Å². The number of hydrogen-bond acceptors (Lipinski definition) is 5. The van der Waals surface area contributed by atoms with E-state index < -0.39 is 22.0 Å². The minimum Gasteiger partial charge on any atom is -0.467 e. The van der Waals surface area contributed by atoms with Crippen LogP contribution in [0.25, 0.3) is 0 Å². The van der Waals surface area contributed by atoms with Crippen molar-refractivity contribution in [2.75, 3.05) is 6.54 Å². The van der Waals surface area contributed by atoms with Crippen molar-refractivity contribution >= 4 is 33.4 Å². The van der Waals surface area contributed by atoms with E-state index in [2.05, 4.69) is 15.4 Å². The normalized spacial score (nSPS) is 12.4. The van der Waals surface area contributed by atoms with Gasteiger partial charge in [0.25, 0.3) is 0 Å². The lowest BCUT2D eigenvalue weighted by Gasteiger charge is -2.14. The zero-order valence-corrected chi connectivity index (χ0v) is 16.1. The quantitative estimate of drug-likeness (QED) is 0.574. The fraction of sp³-hybridized carbons (Fsp3) is 0.294. The molecule has 1 heterocycles. The molecule has 0 aliphatic rings. The topological polar surface area (TPSA) is 118 Å². The minimum absolute atomic E-state index is 0.0149. The molecule has 1 aromatic carbocycles. The number of halogens is 1. The molecule has 0 spiro atoms. The lowest BCUT2D eigenvalue weighted by atomic mass is 10.3. The number of furan rings is 1. The zero-order valence-electron chi connectivity index (χ0n) is 14.6. The van der Waals surface area contributed by atoms with Crippen molar-refractivity contribution in [2.24, 2.45) is 0 Å². The molecule has 27 heavy (non-hydrogen) atoms. The van der Waals surface area contributed by atoms with Crippen LogP contribution >= 0.6 is 11.6 Å². The lowest BCUT2D eigenvalue weighted by Crippen LogP contribution is -2.45. The Balaban J connectivity index is 1.74. The maximum atomic E-state index is 12.1. The van der Waals surface area contributed by atoms with Crippen LogP contribution in [0.5, 0.6) is 0 Å². The van der Waals surface area contributed by atoms with Crippen LogP contribution in [0.3, 0.4) is 0 Å². The van der Waals surface area contributed by atoms with Crippen LogP contribution in [0.4, 0.5) is 0 Å². The Morgan fingerprint density at radius 2 is 2.00 bits per heavy atom. The molecule has 8 nitrogen and oxygen atoms in total. The van der Waals surface area contributed by atoms with Gasteiger partial charge < -0.3 is 15.1 Å². The van der Waals surface area contributed by atoms with E-state index in [0.29, 0.717) is 10.8 Å². The number of hydrogen-bond donors (Lipinski definition) is 3. The third kappa shape index (κ3) is 6.70. The van der Waals surface area contributed by atoms with Crippen molar-refractivity contribution in [1.82, 2.24) is 15.4 Å². The maximum Gasteiger partial charge on any atom is 0.242 e. The van der Waals surface area contributed by atoms with Crippen LogP contribution in [-0.2, 0) is 26.2 Å². The second-order valence-electron chi connectivity index (χ2n) is 5.69. The SMILES string of the molecule is CC(NC(=O)CCNS(=O)(=O)c1cccc(Cl)c1)C(=O)NCc1ccco1. The van der Waals surface area contributed by atoms with Crippen LogP contribution in [0.15, 0.2) is 52.0 Å². The molecule has 0 bridgehead atoms. The second kappa shape index (κ2) is 9.54. The summed E-state index contributed by atoms with van der Waals surface area (Å²) in [6.07, 6.45) is 1.38. The summed E-state index contributed by atoms with van der Waals surface area (Å²) >= 11 is 5.78. The molecule has 3 N–H and O–H groups in total. The van der Waals surface area contributed by atoms with E-state index in [1.165, 1.54) is 31.4 Å². The van der Waals surface area contributed by atoms with Crippen LogP contribution < -0.4 is 15.4 Å². The second-order valence-corrected chi connectivity index (χ2v) is 7.89. The predicted molar refractivity (Wildman–Crippen MR) is 99.4 cm³/mol. The highest BCUT2D eigenvalue weighted by Crippen LogP contribution is 2.15. The lowest BCUT2D eigenvalue weighted by molar-refractivity contribution is -0.128. The van der Waals surface area contributed by atoms with E-state index in [-0.39, 0.29) is 30.3 Å². The summed E-state index contributed by atoms with van der Waals surface area (Å²) in [5.41, 5.74) is 0. The highest BCUT2D eigenvalue weighted by Gasteiger charge is 2.17. The van der Waals surface area contributed by atoms with Gasteiger partial charge in [0, 0.05) is 18.0 Å². The van der Waals surface area contributed by atoms with E-state index in [1.54, 1.807) is 18.2 Å². The van der Waals surface area contributed by atoms with E-state index in [9.17, 15) is 18.0 Å². The molecular weight excluding hydrogens is 394 g/mol. The van der Waals surface area contributed by atoms with E-state index in [4.69, 9.17) is 16.0 Å². The van der Waals surface area contributed by atoms with Gasteiger partial charge >= 0.3 is 0 Å². The maximum absolute atomic E-state index is 12.1. The van der Waals surface area contributed by atoms with Crippen molar-refractivity contribution in [2.45, 2.75) is 30.8 Å². The van der Waals surface area contributed by atoms with Gasteiger partial charge in [-0.25, -0.2) is 13.1 Å². The highest BCUT2D eigenvalue weighted by atomic mass is 35.5. The molecule has 1 aromatic heterocycles. The first-order valence-electron chi connectivity index (χ1n) is 8.12. The van der Waals surface area contributed by atoms with Crippen LogP contribution in [0.2, 0.25) is 5.02 Å². The number of carbonyl (C=O) groups excluding carboxylic acids is 2. The molecule has 2 aromatic rings. The van der Waals surface area contributed by atoms with Gasteiger partial charge in [-0.05, 0) is 37.3 Å². The van der Waals surface area contributed by atoms with Gasteiger partial charge in [-0.15, -0.1) is 0 Å². The van der Waals surface area contributed by atoms with Gasteiger partial charge in [0.05, 0.1) is 17.7 Å². The Morgan fingerprint density at radius 1 is 1.22 bits per heavy atom. The molecule has 0 aliphatic heterocycles. The van der Waals surface area contributed by atoms with E-state index >= 15 is 0 Å². The van der Waals surface area contributed by atoms with Gasteiger partial charge in [0.15, 0.2) is 0 Å². The van der Waals surface area contributed by atoms with Crippen LogP contribution in [0, 0.1) is 0 Å². The largest absolute Gasteiger partial charge is 0.467 e. The molecular formula is C17H20ClN3O5S. The Morgan fingerprint density at radius 3 is 2.67 bits per heavy atom. The van der Waals surface area contributed by atoms with Gasteiger partial charge in [-0.1, -0.05) is 17.7 Å². The summed E-state index contributed by atoms with van der Waals surface area (Å²) in [4.78, 5) is 23.8. The number of sulfonamides is 1. The van der Waals surface area contributed by atoms with Crippen molar-refractivity contribution in [3.8, 4) is 0 Å². The molecule has 2 rings (SSSR count). The third-order valence-corrected chi connectivity index (χ3v) is 5.23. The number of benzene rings is 1. The first kappa shape index (κ1) is 20.9. The molecule has 1 unspecified atom stereocenters. The predicted octanol–water partition coefficient (Wildman–Crippen LogP) is 1.42. The van der Waals surface area contributed by atoms with E-state index in [0.717, 1.165) is 0 Å². The number of rotatable bonds is 9. The van der Waals surface area contributed by atoms with Gasteiger partial charge in [0.2, 0.25) is 21.8 Å². The summed E-state index contributed by atoms with van der Waals surface area (Å²) in [5.74, 6) is -0.235. The van der Waals surface area contributed by atoms with Crippen molar-refractivity contribution in [3.63, 3.8) is 0 Å². The summed E-state index contributed by atoms with van der Waals surface area (Å²) < 4.78 is 31.7. The molecule has 0 radical (unpaired) electrons. The third-order valence-electron chi connectivity index (χ3n) is 3.54. The Kier molecular flexibility index (Phi) is 7.40. The summed E-state index contributed by atoms with van der Waals surface area (Å²) in [6.45, 7) is 1.64. The molecule has 0 fully saturated rings. The first-order valence-corrected chi connectivity index (χ1v) is 9.99. The van der Waals surface area contributed by atoms with Crippen LogP contribution in [-0.4, -0.2) is 32.8 Å². The Labute approximate surface area is 162 Å². The summed E-state index contributed by atoms with van der Waals surface area (Å²) in [5, 5.41) is 5.43. The molecule has 0 aliphatic carbocycles. The molecule has 0 saturated carbocycles. The fourth-order valence-corrected chi connectivity index (χ4v) is 3.47. The average molecular weight is 414 g/mol. The minimum atomic E-state index is -3.76. The monoisotopic (exact) mass is 413 g/mol. The zero-order chi connectivity index (χ0) is 19.9. The van der Waals surface area contributed by atoms with E-state index in [1.807, 2.05) is 0 Å². The number of amides is 2. The molecule has 0 saturated heterocycles. The van der Waals surface area contributed by atoms with Crippen LogP contribution in [0.1, 0.15) is 19.1 Å². The molecule has 146 valence electrons. The summed E-state index contributed by atoms with van der Waals surface area (Å²) in [6, 6.07) is 8.46. The average Bonchev–Trinajstić information content (AvgIpc) is 3.13.